The summed E-state index contributed by atoms with van der Waals surface area (Å²) in [5.74, 6) is -0.942. The summed E-state index contributed by atoms with van der Waals surface area (Å²) in [5.41, 5.74) is 0.608. The zero-order chi connectivity index (χ0) is 23.8. The number of halogens is 3. The van der Waals surface area contributed by atoms with Gasteiger partial charge in [-0.15, -0.1) is 0 Å². The Kier molecular flexibility index (Phi) is 5.71. The fourth-order valence-corrected chi connectivity index (χ4v) is 3.43. The summed E-state index contributed by atoms with van der Waals surface area (Å²) in [4.78, 5) is 33.7. The fraction of sp³-hybridized carbons (Fsp3) is 0.227. The van der Waals surface area contributed by atoms with Crippen LogP contribution >= 0.6 is 0 Å². The number of aromatic nitrogens is 5. The molecule has 8 nitrogen and oxygen atoms in total. The number of amides is 1. The number of pyridine rings is 2. The molecule has 0 saturated heterocycles. The summed E-state index contributed by atoms with van der Waals surface area (Å²) in [5, 5.41) is 6.59. The molecule has 0 bridgehead atoms. The van der Waals surface area contributed by atoms with Crippen LogP contribution in [0.25, 0.3) is 10.9 Å². The van der Waals surface area contributed by atoms with Gasteiger partial charge in [0.15, 0.2) is 5.69 Å². The van der Waals surface area contributed by atoms with Crippen molar-refractivity contribution in [2.24, 2.45) is 0 Å². The molecule has 0 aromatic carbocycles. The molecule has 0 radical (unpaired) electrons. The maximum atomic E-state index is 13.2. The average Bonchev–Trinajstić information content (AvgIpc) is 3.38. The van der Waals surface area contributed by atoms with Crippen molar-refractivity contribution in [3.63, 3.8) is 0 Å². The Bertz CT molecular complexity index is 1340. The summed E-state index contributed by atoms with van der Waals surface area (Å²) in [6, 6.07) is 5.64. The predicted molar refractivity (Wildman–Crippen MR) is 114 cm³/mol. The van der Waals surface area contributed by atoms with E-state index < -0.39 is 24.3 Å². The van der Waals surface area contributed by atoms with Gasteiger partial charge in [0.25, 0.3) is 0 Å². The molecule has 0 aliphatic heterocycles. The van der Waals surface area contributed by atoms with Crippen molar-refractivity contribution in [1.29, 1.82) is 0 Å². The van der Waals surface area contributed by atoms with Gasteiger partial charge >= 0.3 is 6.18 Å². The second kappa shape index (κ2) is 8.49. The first-order valence-corrected chi connectivity index (χ1v) is 9.99. The molecule has 0 aliphatic rings. The third-order valence-electron chi connectivity index (χ3n) is 4.95. The van der Waals surface area contributed by atoms with Crippen LogP contribution in [0.2, 0.25) is 0 Å². The Hall–Kier alpha value is -4.02. The smallest absolute Gasteiger partial charge is 0.344 e. The lowest BCUT2D eigenvalue weighted by Crippen LogP contribution is -2.20. The average molecular weight is 456 g/mol. The van der Waals surface area contributed by atoms with Gasteiger partial charge in [-0.25, -0.2) is 0 Å². The van der Waals surface area contributed by atoms with Gasteiger partial charge in [-0.3, -0.25) is 24.2 Å². The highest BCUT2D eigenvalue weighted by Crippen LogP contribution is 2.28. The van der Waals surface area contributed by atoms with E-state index in [4.69, 9.17) is 0 Å². The normalized spacial score (nSPS) is 11.8. The van der Waals surface area contributed by atoms with Crippen LogP contribution in [0.3, 0.4) is 0 Å². The number of anilines is 1. The molecule has 0 saturated carbocycles. The lowest BCUT2D eigenvalue weighted by atomic mass is 10.1. The van der Waals surface area contributed by atoms with Gasteiger partial charge in [-0.05, 0) is 38.1 Å². The maximum Gasteiger partial charge on any atom is 0.435 e. The lowest BCUT2D eigenvalue weighted by Gasteiger charge is -2.08. The third-order valence-corrected chi connectivity index (χ3v) is 4.95. The quantitative estimate of drug-likeness (QED) is 0.441. The molecule has 4 aromatic heterocycles. The van der Waals surface area contributed by atoms with E-state index in [0.29, 0.717) is 10.9 Å². The van der Waals surface area contributed by atoms with Crippen LogP contribution in [0, 0.1) is 0 Å². The van der Waals surface area contributed by atoms with Crippen LogP contribution in [-0.2, 0) is 17.5 Å². The zero-order valence-electron chi connectivity index (χ0n) is 17.7. The summed E-state index contributed by atoms with van der Waals surface area (Å²) in [6.45, 7) is 3.58. The minimum atomic E-state index is -4.59. The molecule has 0 spiro atoms. The first-order valence-electron chi connectivity index (χ1n) is 9.99. The Labute approximate surface area is 186 Å². The highest BCUT2D eigenvalue weighted by molar-refractivity contribution is 6.15. The number of alkyl halides is 3. The number of ketones is 1. The van der Waals surface area contributed by atoms with Crippen molar-refractivity contribution < 1.29 is 22.8 Å². The Balaban J connectivity index is 1.54. The SMILES string of the molecule is CC(C)n1cc(C(=O)c2cc(NC(=O)Cn3ccc(C(F)(F)F)n3)ccn2)c2cnccc21. The van der Waals surface area contributed by atoms with Gasteiger partial charge in [0.05, 0.1) is 11.1 Å². The molecule has 0 aliphatic carbocycles. The zero-order valence-corrected chi connectivity index (χ0v) is 17.7. The van der Waals surface area contributed by atoms with Crippen molar-refractivity contribution in [1.82, 2.24) is 24.3 Å². The highest BCUT2D eigenvalue weighted by atomic mass is 19.4. The van der Waals surface area contributed by atoms with Gasteiger partial charge in [-0.2, -0.15) is 18.3 Å². The molecule has 11 heteroatoms. The number of carbonyl (C=O) groups excluding carboxylic acids is 2. The first kappa shape index (κ1) is 22.2. The number of rotatable bonds is 6. The third kappa shape index (κ3) is 4.61. The Morgan fingerprint density at radius 1 is 1.15 bits per heavy atom. The van der Waals surface area contributed by atoms with Gasteiger partial charge in [0.1, 0.15) is 12.2 Å². The monoisotopic (exact) mass is 456 g/mol. The van der Waals surface area contributed by atoms with Crippen molar-refractivity contribution in [3.05, 3.63) is 72.2 Å². The second-order valence-electron chi connectivity index (χ2n) is 7.64. The number of fused-ring (bicyclic) bond motifs is 1. The first-order chi connectivity index (χ1) is 15.6. The minimum absolute atomic E-state index is 0.109. The van der Waals surface area contributed by atoms with Crippen molar-refractivity contribution in [2.45, 2.75) is 32.6 Å². The molecular formula is C22H19F3N6O2. The van der Waals surface area contributed by atoms with Gasteiger partial charge in [0, 0.05) is 48.1 Å². The molecule has 170 valence electrons. The van der Waals surface area contributed by atoms with E-state index >= 15 is 0 Å². The molecular weight excluding hydrogens is 437 g/mol. The van der Waals surface area contributed by atoms with Crippen LogP contribution in [0.15, 0.2) is 55.2 Å². The van der Waals surface area contributed by atoms with E-state index in [9.17, 15) is 22.8 Å². The lowest BCUT2D eigenvalue weighted by molar-refractivity contribution is -0.141. The molecule has 4 aromatic rings. The van der Waals surface area contributed by atoms with Gasteiger partial charge in [0.2, 0.25) is 11.7 Å². The number of hydrogen-bond acceptors (Lipinski definition) is 5. The minimum Gasteiger partial charge on any atom is -0.344 e. The largest absolute Gasteiger partial charge is 0.435 e. The predicted octanol–water partition coefficient (Wildman–Crippen LogP) is 4.10. The van der Waals surface area contributed by atoms with Crippen LogP contribution in [0.5, 0.6) is 0 Å². The van der Waals surface area contributed by atoms with E-state index in [-0.39, 0.29) is 23.2 Å². The van der Waals surface area contributed by atoms with E-state index in [2.05, 4.69) is 20.4 Å². The van der Waals surface area contributed by atoms with Crippen LogP contribution in [0.1, 0.15) is 41.6 Å². The molecule has 1 amide bonds. The number of nitrogens with one attached hydrogen (secondary N) is 1. The fourth-order valence-electron chi connectivity index (χ4n) is 3.43. The van der Waals surface area contributed by atoms with E-state index in [0.717, 1.165) is 22.5 Å². The maximum absolute atomic E-state index is 13.2. The summed E-state index contributed by atoms with van der Waals surface area (Å²) in [7, 11) is 0. The molecule has 1 N–H and O–H groups in total. The molecule has 0 unspecified atom stereocenters. The van der Waals surface area contributed by atoms with Crippen molar-refractivity contribution >= 4 is 28.3 Å². The van der Waals surface area contributed by atoms with E-state index in [1.807, 2.05) is 24.5 Å². The standard InChI is InChI=1S/C22H19F3N6O2/c1-13(2)31-11-16(15-10-26-6-4-18(15)31)21(33)17-9-14(3-7-27-17)28-20(32)12-30-8-5-19(29-30)22(23,24)25/h3-11,13H,12H2,1-2H3,(H,27,28,32). The molecule has 4 rings (SSSR count). The van der Waals surface area contributed by atoms with Crippen LogP contribution in [0.4, 0.5) is 18.9 Å². The Morgan fingerprint density at radius 2 is 1.94 bits per heavy atom. The van der Waals surface area contributed by atoms with E-state index in [1.165, 1.54) is 18.3 Å². The molecule has 33 heavy (non-hydrogen) atoms. The summed E-state index contributed by atoms with van der Waals surface area (Å²) < 4.78 is 40.9. The summed E-state index contributed by atoms with van der Waals surface area (Å²) >= 11 is 0. The number of hydrogen-bond donors (Lipinski definition) is 1. The van der Waals surface area contributed by atoms with Crippen molar-refractivity contribution in [3.8, 4) is 0 Å². The molecule has 0 fully saturated rings. The topological polar surface area (TPSA) is 94.7 Å². The summed E-state index contributed by atoms with van der Waals surface area (Å²) in [6.07, 6.45) is 2.88. The molecule has 0 atom stereocenters. The van der Waals surface area contributed by atoms with Gasteiger partial charge in [-0.1, -0.05) is 0 Å². The van der Waals surface area contributed by atoms with Crippen LogP contribution < -0.4 is 5.32 Å². The Morgan fingerprint density at radius 3 is 2.64 bits per heavy atom. The van der Waals surface area contributed by atoms with E-state index in [1.54, 1.807) is 18.6 Å². The number of carbonyl (C=O) groups is 2. The van der Waals surface area contributed by atoms with Crippen LogP contribution in [-0.4, -0.2) is 36.0 Å². The number of nitrogens with zero attached hydrogens (tertiary/aromatic N) is 5. The second-order valence-corrected chi connectivity index (χ2v) is 7.64. The highest BCUT2D eigenvalue weighted by Gasteiger charge is 2.33. The molecule has 4 heterocycles. The van der Waals surface area contributed by atoms with Crippen molar-refractivity contribution in [2.75, 3.05) is 5.32 Å². The van der Waals surface area contributed by atoms with Gasteiger partial charge < -0.3 is 9.88 Å².